The topological polar surface area (TPSA) is 86.5 Å². The van der Waals surface area contributed by atoms with Crippen LogP contribution in [0, 0.1) is 0 Å². The van der Waals surface area contributed by atoms with Gasteiger partial charge in [0.15, 0.2) is 6.10 Å². The third-order valence-corrected chi connectivity index (χ3v) is 5.31. The minimum Gasteiger partial charge on any atom is -0.494 e. The molecule has 2 aromatic carbocycles. The molecule has 0 unspecified atom stereocenters. The first-order chi connectivity index (χ1) is 15.1. The molecule has 1 heterocycles. The van der Waals surface area contributed by atoms with E-state index in [0.29, 0.717) is 18.3 Å². The van der Waals surface area contributed by atoms with Gasteiger partial charge in [0.1, 0.15) is 11.5 Å². The number of ether oxygens (including phenoxy) is 2. The Morgan fingerprint density at radius 2 is 1.84 bits per heavy atom. The van der Waals surface area contributed by atoms with Crippen molar-refractivity contribution in [3.63, 3.8) is 0 Å². The van der Waals surface area contributed by atoms with E-state index in [1.807, 2.05) is 37.3 Å². The molecule has 0 saturated heterocycles. The summed E-state index contributed by atoms with van der Waals surface area (Å²) < 4.78 is 16.5. The predicted molar refractivity (Wildman–Crippen MR) is 116 cm³/mol. The smallest absolute Gasteiger partial charge is 0.261 e. The molecule has 1 aromatic heterocycles. The fourth-order valence-corrected chi connectivity index (χ4v) is 3.66. The lowest BCUT2D eigenvalue weighted by Crippen LogP contribution is -2.36. The maximum atomic E-state index is 12.4. The highest BCUT2D eigenvalue weighted by molar-refractivity contribution is 5.80. The Hall–Kier alpha value is -3.35. The van der Waals surface area contributed by atoms with Crippen molar-refractivity contribution in [1.29, 1.82) is 0 Å². The monoisotopic (exact) mass is 421 g/mol. The number of hydrogen-bond acceptors (Lipinski definition) is 6. The molecular formula is C24H27N3O4. The number of carbonyl (C=O) groups excluding carboxylic acids is 1. The Kier molecular flexibility index (Phi) is 6.50. The number of nitrogens with one attached hydrogen (secondary N) is 1. The Labute approximate surface area is 181 Å². The molecule has 0 radical (unpaired) electrons. The number of fused-ring (bicyclic) bond motifs is 1. The summed E-state index contributed by atoms with van der Waals surface area (Å²) in [6, 6.07) is 13.6. The van der Waals surface area contributed by atoms with Gasteiger partial charge >= 0.3 is 0 Å². The Morgan fingerprint density at radius 1 is 1.10 bits per heavy atom. The summed E-state index contributed by atoms with van der Waals surface area (Å²) in [6.07, 6.45) is 4.00. The van der Waals surface area contributed by atoms with E-state index in [9.17, 15) is 4.79 Å². The van der Waals surface area contributed by atoms with Crippen molar-refractivity contribution < 1.29 is 18.8 Å². The van der Waals surface area contributed by atoms with Gasteiger partial charge < -0.3 is 19.3 Å². The van der Waals surface area contributed by atoms with Crippen LogP contribution >= 0.6 is 0 Å². The summed E-state index contributed by atoms with van der Waals surface area (Å²) in [5.74, 6) is 2.07. The molecule has 0 aliphatic heterocycles. The molecule has 0 saturated carbocycles. The SMILES string of the molecule is CCOc1ccc(-c2noc(CNC(=O)[C@H](C)Oc3ccc4c(c3)CCCC4)n2)cc1. The molecular weight excluding hydrogens is 394 g/mol. The zero-order valence-corrected chi connectivity index (χ0v) is 17.9. The number of rotatable bonds is 8. The zero-order chi connectivity index (χ0) is 21.6. The summed E-state index contributed by atoms with van der Waals surface area (Å²) in [4.78, 5) is 16.8. The van der Waals surface area contributed by atoms with Gasteiger partial charge in [-0.3, -0.25) is 4.79 Å². The third-order valence-electron chi connectivity index (χ3n) is 5.31. The lowest BCUT2D eigenvalue weighted by atomic mass is 9.92. The van der Waals surface area contributed by atoms with Gasteiger partial charge in [0.2, 0.25) is 11.7 Å². The van der Waals surface area contributed by atoms with Gasteiger partial charge in [0, 0.05) is 5.56 Å². The molecule has 1 atom stereocenters. The van der Waals surface area contributed by atoms with Gasteiger partial charge in [0.05, 0.1) is 13.2 Å². The predicted octanol–water partition coefficient (Wildman–Crippen LogP) is 4.10. The molecule has 4 rings (SSSR count). The summed E-state index contributed by atoms with van der Waals surface area (Å²) >= 11 is 0. The molecule has 162 valence electrons. The largest absolute Gasteiger partial charge is 0.494 e. The first kappa shape index (κ1) is 20.9. The van der Waals surface area contributed by atoms with Gasteiger partial charge in [-0.15, -0.1) is 0 Å². The second-order valence-corrected chi connectivity index (χ2v) is 7.58. The second kappa shape index (κ2) is 9.64. The second-order valence-electron chi connectivity index (χ2n) is 7.58. The van der Waals surface area contributed by atoms with Gasteiger partial charge in [-0.2, -0.15) is 4.98 Å². The number of aryl methyl sites for hydroxylation is 2. The lowest BCUT2D eigenvalue weighted by Gasteiger charge is -2.19. The number of benzene rings is 2. The number of aromatic nitrogens is 2. The van der Waals surface area contributed by atoms with Crippen LogP contribution in [0.4, 0.5) is 0 Å². The average Bonchev–Trinajstić information content (AvgIpc) is 3.27. The highest BCUT2D eigenvalue weighted by Gasteiger charge is 2.18. The van der Waals surface area contributed by atoms with Crippen LogP contribution < -0.4 is 14.8 Å². The molecule has 3 aromatic rings. The van der Waals surface area contributed by atoms with E-state index in [2.05, 4.69) is 27.6 Å². The van der Waals surface area contributed by atoms with E-state index in [1.54, 1.807) is 6.92 Å². The molecule has 1 aliphatic carbocycles. The number of nitrogens with zero attached hydrogens (tertiary/aromatic N) is 2. The maximum Gasteiger partial charge on any atom is 0.261 e. The van der Waals surface area contributed by atoms with Crippen LogP contribution in [0.2, 0.25) is 0 Å². The Balaban J connectivity index is 1.30. The summed E-state index contributed by atoms with van der Waals surface area (Å²) in [5.41, 5.74) is 3.52. The molecule has 1 N–H and O–H groups in total. The van der Waals surface area contributed by atoms with Crippen LogP contribution in [0.5, 0.6) is 11.5 Å². The van der Waals surface area contributed by atoms with E-state index in [1.165, 1.54) is 24.0 Å². The van der Waals surface area contributed by atoms with Crippen LogP contribution in [-0.2, 0) is 24.2 Å². The fourth-order valence-electron chi connectivity index (χ4n) is 3.66. The molecule has 0 bridgehead atoms. The minimum absolute atomic E-state index is 0.140. The first-order valence-corrected chi connectivity index (χ1v) is 10.7. The molecule has 0 fully saturated rings. The van der Waals surface area contributed by atoms with E-state index in [0.717, 1.165) is 29.9 Å². The molecule has 7 heteroatoms. The highest BCUT2D eigenvalue weighted by Crippen LogP contribution is 2.26. The van der Waals surface area contributed by atoms with Crippen molar-refractivity contribution in [1.82, 2.24) is 15.5 Å². The molecule has 0 spiro atoms. The van der Waals surface area contributed by atoms with E-state index in [4.69, 9.17) is 14.0 Å². The van der Waals surface area contributed by atoms with Crippen LogP contribution in [-0.4, -0.2) is 28.8 Å². The van der Waals surface area contributed by atoms with Crippen molar-refractivity contribution in [2.24, 2.45) is 0 Å². The molecule has 1 aliphatic rings. The van der Waals surface area contributed by atoms with Crippen LogP contribution in [0.3, 0.4) is 0 Å². The van der Waals surface area contributed by atoms with Gasteiger partial charge in [-0.25, -0.2) is 0 Å². The van der Waals surface area contributed by atoms with Crippen LogP contribution in [0.25, 0.3) is 11.4 Å². The lowest BCUT2D eigenvalue weighted by molar-refractivity contribution is -0.127. The number of amides is 1. The third kappa shape index (κ3) is 5.23. The highest BCUT2D eigenvalue weighted by atomic mass is 16.5. The van der Waals surface area contributed by atoms with E-state index >= 15 is 0 Å². The van der Waals surface area contributed by atoms with Gasteiger partial charge in [0.25, 0.3) is 5.91 Å². The fraction of sp³-hybridized carbons (Fsp3) is 0.375. The normalized spacial score (nSPS) is 13.9. The van der Waals surface area contributed by atoms with E-state index < -0.39 is 6.10 Å². The maximum absolute atomic E-state index is 12.4. The van der Waals surface area contributed by atoms with Crippen molar-refractivity contribution >= 4 is 5.91 Å². The average molecular weight is 421 g/mol. The summed E-state index contributed by atoms with van der Waals surface area (Å²) in [5, 5.41) is 6.78. The van der Waals surface area contributed by atoms with Crippen LogP contribution in [0.15, 0.2) is 47.0 Å². The Bertz CT molecular complexity index is 1030. The van der Waals surface area contributed by atoms with E-state index in [-0.39, 0.29) is 12.5 Å². The minimum atomic E-state index is -0.629. The molecule has 7 nitrogen and oxygen atoms in total. The first-order valence-electron chi connectivity index (χ1n) is 10.7. The summed E-state index contributed by atoms with van der Waals surface area (Å²) in [6.45, 7) is 4.42. The summed E-state index contributed by atoms with van der Waals surface area (Å²) in [7, 11) is 0. The number of carbonyl (C=O) groups is 1. The van der Waals surface area contributed by atoms with Crippen LogP contribution in [0.1, 0.15) is 43.7 Å². The van der Waals surface area contributed by atoms with Crippen molar-refractivity contribution in [3.8, 4) is 22.9 Å². The molecule has 1 amide bonds. The van der Waals surface area contributed by atoms with Gasteiger partial charge in [-0.1, -0.05) is 11.2 Å². The van der Waals surface area contributed by atoms with Crippen molar-refractivity contribution in [3.05, 3.63) is 59.5 Å². The zero-order valence-electron chi connectivity index (χ0n) is 17.9. The molecule has 31 heavy (non-hydrogen) atoms. The van der Waals surface area contributed by atoms with Crippen molar-refractivity contribution in [2.45, 2.75) is 52.2 Å². The number of hydrogen-bond donors (Lipinski definition) is 1. The Morgan fingerprint density at radius 3 is 2.61 bits per heavy atom. The van der Waals surface area contributed by atoms with Gasteiger partial charge in [-0.05, 0) is 87.1 Å². The standard InChI is InChI=1S/C24H27N3O4/c1-3-29-20-11-9-18(10-12-20)23-26-22(31-27-23)15-25-24(28)16(2)30-21-13-8-17-6-4-5-7-19(17)14-21/h8-14,16H,3-7,15H2,1-2H3,(H,25,28)/t16-/m0/s1. The quantitative estimate of drug-likeness (QED) is 0.589. The van der Waals surface area contributed by atoms with Crippen molar-refractivity contribution in [2.75, 3.05) is 6.61 Å².